The van der Waals surface area contributed by atoms with Gasteiger partial charge in [0.25, 0.3) is 5.91 Å². The van der Waals surface area contributed by atoms with Gasteiger partial charge in [-0.3, -0.25) is 9.59 Å². The second kappa shape index (κ2) is 8.34. The first kappa shape index (κ1) is 20.4. The molecule has 2 aromatic carbocycles. The molecule has 1 N–H and O–H groups in total. The summed E-state index contributed by atoms with van der Waals surface area (Å²) in [6.45, 7) is 1.55. The molecule has 0 spiro atoms. The molecule has 29 heavy (non-hydrogen) atoms. The Bertz CT molecular complexity index is 968. The summed E-state index contributed by atoms with van der Waals surface area (Å²) in [7, 11) is 3.09. The Hall–Kier alpha value is -3.35. The third kappa shape index (κ3) is 3.94. The molecule has 1 atom stereocenters. The lowest BCUT2D eigenvalue weighted by atomic mass is 9.96. The molecule has 3 rings (SSSR count). The zero-order valence-electron chi connectivity index (χ0n) is 16.4. The van der Waals surface area contributed by atoms with Gasteiger partial charge in [0.2, 0.25) is 0 Å². The highest BCUT2D eigenvalue weighted by molar-refractivity contribution is 6.08. The summed E-state index contributed by atoms with van der Waals surface area (Å²) in [6.07, 6.45) is 0.461. The number of benzene rings is 2. The van der Waals surface area contributed by atoms with Crippen molar-refractivity contribution in [1.29, 1.82) is 0 Å². The number of ether oxygens (including phenoxy) is 2. The summed E-state index contributed by atoms with van der Waals surface area (Å²) >= 11 is 0. The molecule has 0 radical (unpaired) electrons. The fourth-order valence-electron chi connectivity index (χ4n) is 3.52. The fraction of sp³-hybridized carbons (Fsp3) is 0.273. The van der Waals surface area contributed by atoms with Gasteiger partial charge in [0.15, 0.2) is 23.0 Å². The average Bonchev–Trinajstić information content (AvgIpc) is 2.97. The van der Waals surface area contributed by atoms with Crippen LogP contribution < -0.4 is 9.47 Å². The first-order valence-electron chi connectivity index (χ1n) is 9.08. The van der Waals surface area contributed by atoms with Crippen molar-refractivity contribution in [3.05, 3.63) is 70.7 Å². The SMILES string of the molecule is COc1ccc(CCN2C(=O)C(O)=C(C(C)=O)[C@H]2c2ccc(F)cc2)cc1OC. The third-order valence-corrected chi connectivity index (χ3v) is 4.96. The van der Waals surface area contributed by atoms with Gasteiger partial charge in [0, 0.05) is 6.54 Å². The predicted octanol–water partition coefficient (Wildman–Crippen LogP) is 3.37. The smallest absolute Gasteiger partial charge is 0.290 e. The van der Waals surface area contributed by atoms with Crippen LogP contribution in [0.15, 0.2) is 53.8 Å². The Balaban J connectivity index is 1.89. The van der Waals surface area contributed by atoms with Gasteiger partial charge in [0.05, 0.1) is 25.8 Å². The quantitative estimate of drug-likeness (QED) is 0.773. The standard InChI is InChI=1S/C22H22FNO5/c1-13(25)19-20(15-5-7-16(23)8-6-15)24(22(27)21(19)26)11-10-14-4-9-17(28-2)18(12-14)29-3/h4-9,12,20,26H,10-11H2,1-3H3/t20-/m1/s1. The van der Waals surface area contributed by atoms with Crippen molar-refractivity contribution in [2.24, 2.45) is 0 Å². The van der Waals surface area contributed by atoms with E-state index in [9.17, 15) is 19.1 Å². The van der Waals surface area contributed by atoms with E-state index in [4.69, 9.17) is 9.47 Å². The Morgan fingerprint density at radius 3 is 2.34 bits per heavy atom. The number of hydrogen-bond donors (Lipinski definition) is 1. The first-order chi connectivity index (χ1) is 13.9. The molecule has 0 bridgehead atoms. The Kier molecular flexibility index (Phi) is 5.87. The van der Waals surface area contributed by atoms with Crippen molar-refractivity contribution >= 4 is 11.7 Å². The molecule has 152 valence electrons. The Morgan fingerprint density at radius 1 is 1.10 bits per heavy atom. The van der Waals surface area contributed by atoms with E-state index in [-0.39, 0.29) is 12.1 Å². The zero-order chi connectivity index (χ0) is 21.1. The van der Waals surface area contributed by atoms with E-state index in [0.29, 0.717) is 23.5 Å². The number of methoxy groups -OCH3 is 2. The number of amides is 1. The summed E-state index contributed by atoms with van der Waals surface area (Å²) < 4.78 is 23.9. The van der Waals surface area contributed by atoms with Crippen LogP contribution in [0.4, 0.5) is 4.39 Å². The maximum Gasteiger partial charge on any atom is 0.290 e. The van der Waals surface area contributed by atoms with Crippen molar-refractivity contribution in [1.82, 2.24) is 4.90 Å². The minimum Gasteiger partial charge on any atom is -0.503 e. The highest BCUT2D eigenvalue weighted by Crippen LogP contribution is 2.38. The molecule has 2 aromatic rings. The number of halogens is 1. The number of aliphatic hydroxyl groups is 1. The number of aliphatic hydroxyl groups excluding tert-OH is 1. The molecule has 0 saturated heterocycles. The van der Waals surface area contributed by atoms with E-state index in [0.717, 1.165) is 5.56 Å². The van der Waals surface area contributed by atoms with Crippen molar-refractivity contribution in [2.45, 2.75) is 19.4 Å². The number of rotatable bonds is 7. The van der Waals surface area contributed by atoms with E-state index < -0.39 is 29.3 Å². The van der Waals surface area contributed by atoms with Crippen LogP contribution in [-0.2, 0) is 16.0 Å². The number of hydrogen-bond acceptors (Lipinski definition) is 5. The second-order valence-corrected chi connectivity index (χ2v) is 6.71. The van der Waals surface area contributed by atoms with Crippen LogP contribution in [0.2, 0.25) is 0 Å². The maximum atomic E-state index is 13.4. The largest absolute Gasteiger partial charge is 0.503 e. The topological polar surface area (TPSA) is 76.1 Å². The van der Waals surface area contributed by atoms with Crippen LogP contribution in [0.5, 0.6) is 11.5 Å². The maximum absolute atomic E-state index is 13.4. The van der Waals surface area contributed by atoms with Gasteiger partial charge >= 0.3 is 0 Å². The van der Waals surface area contributed by atoms with Gasteiger partial charge in [-0.2, -0.15) is 0 Å². The van der Waals surface area contributed by atoms with Crippen molar-refractivity contribution in [3.8, 4) is 11.5 Å². The summed E-state index contributed by atoms with van der Waals surface area (Å²) in [6, 6.07) is 10.2. The van der Waals surface area contributed by atoms with E-state index in [1.165, 1.54) is 43.2 Å². The number of carbonyl (C=O) groups excluding carboxylic acids is 2. The van der Waals surface area contributed by atoms with Crippen LogP contribution in [0.3, 0.4) is 0 Å². The van der Waals surface area contributed by atoms with E-state index in [2.05, 4.69) is 0 Å². The number of Topliss-reactive ketones (excluding diaryl/α,β-unsaturated/α-hetero) is 1. The number of carbonyl (C=O) groups is 2. The molecule has 0 unspecified atom stereocenters. The molecule has 0 aliphatic carbocycles. The van der Waals surface area contributed by atoms with Crippen molar-refractivity contribution < 1.29 is 28.6 Å². The van der Waals surface area contributed by atoms with Gasteiger partial charge in [-0.15, -0.1) is 0 Å². The van der Waals surface area contributed by atoms with E-state index >= 15 is 0 Å². The predicted molar refractivity (Wildman–Crippen MR) is 104 cm³/mol. The summed E-state index contributed by atoms with van der Waals surface area (Å²) in [5.41, 5.74) is 1.47. The molecule has 1 heterocycles. The van der Waals surface area contributed by atoms with Crippen LogP contribution in [0, 0.1) is 5.82 Å². The second-order valence-electron chi connectivity index (χ2n) is 6.71. The molecular weight excluding hydrogens is 377 g/mol. The summed E-state index contributed by atoms with van der Waals surface area (Å²) in [5, 5.41) is 10.3. The molecular formula is C22H22FNO5. The molecule has 0 fully saturated rings. The molecule has 1 aliphatic heterocycles. The van der Waals surface area contributed by atoms with E-state index in [1.807, 2.05) is 12.1 Å². The third-order valence-electron chi connectivity index (χ3n) is 4.96. The Morgan fingerprint density at radius 2 is 1.76 bits per heavy atom. The summed E-state index contributed by atoms with van der Waals surface area (Å²) in [4.78, 5) is 26.2. The van der Waals surface area contributed by atoms with E-state index in [1.54, 1.807) is 13.2 Å². The van der Waals surface area contributed by atoms with Crippen molar-refractivity contribution in [3.63, 3.8) is 0 Å². The monoisotopic (exact) mass is 399 g/mol. The fourth-order valence-corrected chi connectivity index (χ4v) is 3.52. The number of ketones is 1. The van der Waals surface area contributed by atoms with Crippen LogP contribution in [0.25, 0.3) is 0 Å². The van der Waals surface area contributed by atoms with Gasteiger partial charge < -0.3 is 19.5 Å². The minimum absolute atomic E-state index is 0.0221. The lowest BCUT2D eigenvalue weighted by Gasteiger charge is -2.26. The van der Waals surface area contributed by atoms with Gasteiger partial charge in [0.1, 0.15) is 5.82 Å². The highest BCUT2D eigenvalue weighted by atomic mass is 19.1. The summed E-state index contributed by atoms with van der Waals surface area (Å²) in [5.74, 6) is -0.843. The first-order valence-corrected chi connectivity index (χ1v) is 9.08. The highest BCUT2D eigenvalue weighted by Gasteiger charge is 2.42. The molecule has 1 amide bonds. The lowest BCUT2D eigenvalue weighted by Crippen LogP contribution is -2.32. The van der Waals surface area contributed by atoms with Crippen molar-refractivity contribution in [2.75, 3.05) is 20.8 Å². The minimum atomic E-state index is -0.763. The molecule has 0 aromatic heterocycles. The van der Waals surface area contributed by atoms with Crippen LogP contribution in [-0.4, -0.2) is 42.5 Å². The van der Waals surface area contributed by atoms with Gasteiger partial charge in [-0.05, 0) is 48.7 Å². The average molecular weight is 399 g/mol. The lowest BCUT2D eigenvalue weighted by molar-refractivity contribution is -0.129. The molecule has 7 heteroatoms. The van der Waals surface area contributed by atoms with Crippen LogP contribution in [0.1, 0.15) is 24.1 Å². The molecule has 0 saturated carbocycles. The zero-order valence-corrected chi connectivity index (χ0v) is 16.4. The normalized spacial score (nSPS) is 16.3. The molecule has 6 nitrogen and oxygen atoms in total. The van der Waals surface area contributed by atoms with Gasteiger partial charge in [-0.25, -0.2) is 4.39 Å². The number of nitrogens with zero attached hydrogens (tertiary/aromatic N) is 1. The molecule has 1 aliphatic rings. The van der Waals surface area contributed by atoms with Gasteiger partial charge in [-0.1, -0.05) is 18.2 Å². The Labute approximate surface area is 168 Å². The van der Waals surface area contributed by atoms with Crippen LogP contribution >= 0.6 is 0 Å².